The first-order valence-electron chi connectivity index (χ1n) is 5.03. The van der Waals surface area contributed by atoms with Crippen LogP contribution in [-0.2, 0) is 13.5 Å². The van der Waals surface area contributed by atoms with Crippen molar-refractivity contribution in [3.05, 3.63) is 35.9 Å². The van der Waals surface area contributed by atoms with E-state index in [9.17, 15) is 0 Å². The summed E-state index contributed by atoms with van der Waals surface area (Å²) < 4.78 is 1.97. The van der Waals surface area contributed by atoms with Crippen LogP contribution in [-0.4, -0.2) is 14.5 Å². The maximum atomic E-state index is 8.75. The summed E-state index contributed by atoms with van der Waals surface area (Å²) in [6, 6.07) is 5.99. The van der Waals surface area contributed by atoms with Gasteiger partial charge in [-0.1, -0.05) is 0 Å². The number of nitriles is 1. The molecule has 0 bridgehead atoms. The van der Waals surface area contributed by atoms with Gasteiger partial charge >= 0.3 is 0 Å². The highest BCUT2D eigenvalue weighted by molar-refractivity contribution is 5.56. The van der Waals surface area contributed by atoms with E-state index in [-0.39, 0.29) is 0 Å². The lowest BCUT2D eigenvalue weighted by Gasteiger charge is -2.03. The van der Waals surface area contributed by atoms with Crippen LogP contribution in [0.25, 0.3) is 11.4 Å². The zero-order valence-corrected chi connectivity index (χ0v) is 9.31. The monoisotopic (exact) mass is 212 g/mol. The van der Waals surface area contributed by atoms with Crippen molar-refractivity contribution in [2.45, 2.75) is 13.3 Å². The third kappa shape index (κ3) is 1.68. The van der Waals surface area contributed by atoms with E-state index in [0.29, 0.717) is 6.42 Å². The van der Waals surface area contributed by atoms with E-state index in [1.165, 1.54) is 0 Å². The summed E-state index contributed by atoms with van der Waals surface area (Å²) in [4.78, 5) is 8.46. The average Bonchev–Trinajstić information content (AvgIpc) is 2.59. The summed E-state index contributed by atoms with van der Waals surface area (Å²) in [7, 11) is 1.93. The predicted octanol–water partition coefficient (Wildman–Crippen LogP) is 1.86. The first-order chi connectivity index (χ1) is 7.74. The van der Waals surface area contributed by atoms with E-state index < -0.39 is 0 Å². The van der Waals surface area contributed by atoms with Gasteiger partial charge in [-0.2, -0.15) is 5.26 Å². The van der Waals surface area contributed by atoms with Crippen molar-refractivity contribution in [3.63, 3.8) is 0 Å². The summed E-state index contributed by atoms with van der Waals surface area (Å²) in [6.45, 7) is 1.93. The van der Waals surface area contributed by atoms with E-state index in [2.05, 4.69) is 16.0 Å². The van der Waals surface area contributed by atoms with Crippen LogP contribution in [0.2, 0.25) is 0 Å². The molecule has 0 aromatic carbocycles. The molecule has 0 atom stereocenters. The molecule has 4 heteroatoms. The first kappa shape index (κ1) is 10.4. The molecule has 0 spiro atoms. The average molecular weight is 212 g/mol. The van der Waals surface area contributed by atoms with Crippen molar-refractivity contribution < 1.29 is 0 Å². The molecule has 4 nitrogen and oxygen atoms in total. The van der Waals surface area contributed by atoms with Crippen molar-refractivity contribution in [2.75, 3.05) is 0 Å². The van der Waals surface area contributed by atoms with E-state index >= 15 is 0 Å². The molecule has 2 aromatic heterocycles. The molecule has 0 amide bonds. The highest BCUT2D eigenvalue weighted by atomic mass is 15.1. The molecule has 0 unspecified atom stereocenters. The van der Waals surface area contributed by atoms with E-state index in [1.807, 2.05) is 30.7 Å². The van der Waals surface area contributed by atoms with Crippen LogP contribution in [0.1, 0.15) is 11.4 Å². The molecule has 0 N–H and O–H groups in total. The van der Waals surface area contributed by atoms with Crippen molar-refractivity contribution in [1.82, 2.24) is 14.5 Å². The van der Waals surface area contributed by atoms with E-state index in [4.69, 9.17) is 5.26 Å². The fourth-order valence-electron chi connectivity index (χ4n) is 1.75. The van der Waals surface area contributed by atoms with Crippen LogP contribution in [0.4, 0.5) is 0 Å². The molecule has 2 rings (SSSR count). The number of rotatable bonds is 2. The van der Waals surface area contributed by atoms with Gasteiger partial charge in [-0.15, -0.1) is 0 Å². The van der Waals surface area contributed by atoms with Crippen LogP contribution in [0.15, 0.2) is 24.5 Å². The number of aryl methyl sites for hydroxylation is 1. The number of aromatic nitrogens is 3. The fourth-order valence-corrected chi connectivity index (χ4v) is 1.75. The van der Waals surface area contributed by atoms with Crippen LogP contribution in [0, 0.1) is 18.3 Å². The van der Waals surface area contributed by atoms with Crippen LogP contribution < -0.4 is 0 Å². The van der Waals surface area contributed by atoms with Gasteiger partial charge in [0.15, 0.2) is 0 Å². The fraction of sp³-hybridized carbons (Fsp3) is 0.250. The minimum atomic E-state index is 0.389. The number of nitrogens with zero attached hydrogens (tertiary/aromatic N) is 4. The largest absolute Gasteiger partial charge is 0.330 e. The Labute approximate surface area is 94.2 Å². The smallest absolute Gasteiger partial charge is 0.140 e. The van der Waals surface area contributed by atoms with Crippen LogP contribution >= 0.6 is 0 Å². The summed E-state index contributed by atoms with van der Waals surface area (Å²) in [5.41, 5.74) is 2.90. The van der Waals surface area contributed by atoms with E-state index in [0.717, 1.165) is 22.8 Å². The highest BCUT2D eigenvalue weighted by Gasteiger charge is 2.12. The molecular weight excluding hydrogens is 200 g/mol. The summed E-state index contributed by atoms with van der Waals surface area (Å²) in [6.07, 6.45) is 3.87. The van der Waals surface area contributed by atoms with Crippen molar-refractivity contribution in [3.8, 4) is 17.5 Å². The summed E-state index contributed by atoms with van der Waals surface area (Å²) >= 11 is 0. The van der Waals surface area contributed by atoms with Gasteiger partial charge in [-0.05, 0) is 19.1 Å². The third-order valence-electron chi connectivity index (χ3n) is 2.60. The topological polar surface area (TPSA) is 54.5 Å². The minimum absolute atomic E-state index is 0.389. The van der Waals surface area contributed by atoms with Gasteiger partial charge in [0.2, 0.25) is 0 Å². The highest BCUT2D eigenvalue weighted by Crippen LogP contribution is 2.20. The molecule has 0 saturated carbocycles. The molecule has 2 heterocycles. The molecule has 0 radical (unpaired) electrons. The molecular formula is C12H12N4. The lowest BCUT2D eigenvalue weighted by molar-refractivity contribution is 0.859. The predicted molar refractivity (Wildman–Crippen MR) is 60.5 cm³/mol. The second-order valence-corrected chi connectivity index (χ2v) is 3.60. The molecule has 16 heavy (non-hydrogen) atoms. The van der Waals surface area contributed by atoms with Crippen molar-refractivity contribution >= 4 is 0 Å². The van der Waals surface area contributed by atoms with Gasteiger partial charge in [0.25, 0.3) is 0 Å². The second-order valence-electron chi connectivity index (χ2n) is 3.60. The zero-order valence-electron chi connectivity index (χ0n) is 9.31. The van der Waals surface area contributed by atoms with Gasteiger partial charge < -0.3 is 4.57 Å². The molecule has 0 saturated heterocycles. The Morgan fingerprint density at radius 1 is 1.38 bits per heavy atom. The van der Waals surface area contributed by atoms with Crippen LogP contribution in [0.5, 0.6) is 0 Å². The van der Waals surface area contributed by atoms with Gasteiger partial charge in [0, 0.05) is 25.0 Å². The van der Waals surface area contributed by atoms with Crippen LogP contribution in [0.3, 0.4) is 0 Å². The Balaban J connectivity index is 2.53. The molecule has 0 aliphatic rings. The number of hydrogen-bond acceptors (Lipinski definition) is 3. The maximum Gasteiger partial charge on any atom is 0.140 e. The van der Waals surface area contributed by atoms with E-state index in [1.54, 1.807) is 12.4 Å². The molecule has 2 aromatic rings. The molecule has 0 aliphatic carbocycles. The Morgan fingerprint density at radius 2 is 2.06 bits per heavy atom. The first-order valence-corrected chi connectivity index (χ1v) is 5.03. The van der Waals surface area contributed by atoms with Gasteiger partial charge in [0.1, 0.15) is 5.82 Å². The van der Waals surface area contributed by atoms with Crippen molar-refractivity contribution in [1.29, 1.82) is 5.26 Å². The maximum absolute atomic E-state index is 8.75. The van der Waals surface area contributed by atoms with Crippen molar-refractivity contribution in [2.24, 2.45) is 7.05 Å². The molecule has 80 valence electrons. The number of hydrogen-bond donors (Lipinski definition) is 0. The number of pyridine rings is 1. The quantitative estimate of drug-likeness (QED) is 0.763. The number of imidazole rings is 1. The van der Waals surface area contributed by atoms with Gasteiger partial charge in [-0.3, -0.25) is 4.98 Å². The standard InChI is InChI=1S/C12H12N4/c1-9-11(3-6-13)16(2)12(15-9)10-4-7-14-8-5-10/h4-5,7-8H,3H2,1-2H3. The minimum Gasteiger partial charge on any atom is -0.330 e. The summed E-state index contributed by atoms with van der Waals surface area (Å²) in [5, 5.41) is 8.75. The van der Waals surface area contributed by atoms with Gasteiger partial charge in [0.05, 0.1) is 23.9 Å². The summed E-state index contributed by atoms with van der Waals surface area (Å²) in [5.74, 6) is 0.880. The Kier molecular flexibility index (Phi) is 2.69. The lowest BCUT2D eigenvalue weighted by Crippen LogP contribution is -1.98. The third-order valence-corrected chi connectivity index (χ3v) is 2.60. The normalized spacial score (nSPS) is 10.1. The molecule has 0 fully saturated rings. The Bertz CT molecular complexity index is 534. The Hall–Kier alpha value is -2.15. The van der Waals surface area contributed by atoms with Gasteiger partial charge in [-0.25, -0.2) is 4.98 Å². The zero-order chi connectivity index (χ0) is 11.5. The second kappa shape index (κ2) is 4.15. The SMILES string of the molecule is Cc1nc(-c2ccncc2)n(C)c1CC#N. The molecule has 0 aliphatic heterocycles. The lowest BCUT2D eigenvalue weighted by atomic mass is 10.2. The Morgan fingerprint density at radius 3 is 2.69 bits per heavy atom.